The van der Waals surface area contributed by atoms with Crippen molar-refractivity contribution < 1.29 is 4.79 Å². The van der Waals surface area contributed by atoms with Gasteiger partial charge in [-0.1, -0.05) is 37.3 Å². The van der Waals surface area contributed by atoms with Gasteiger partial charge in [-0.15, -0.1) is 0 Å². The van der Waals surface area contributed by atoms with Gasteiger partial charge in [-0.3, -0.25) is 4.79 Å². The molecule has 0 heterocycles. The van der Waals surface area contributed by atoms with E-state index in [2.05, 4.69) is 31.2 Å². The SMILES string of the molecule is CCc1ccc(C2CCC(CC/C=C/C=O)CC2)cc1. The lowest BCUT2D eigenvalue weighted by atomic mass is 9.77. The number of aryl methyl sites for hydroxylation is 1. The van der Waals surface area contributed by atoms with Crippen molar-refractivity contribution in [2.75, 3.05) is 0 Å². The Morgan fingerprint density at radius 3 is 2.40 bits per heavy atom. The van der Waals surface area contributed by atoms with Gasteiger partial charge in [0.1, 0.15) is 6.29 Å². The second-order valence-corrected chi connectivity index (χ2v) is 5.95. The molecule has 0 amide bonds. The van der Waals surface area contributed by atoms with Gasteiger partial charge in [0.2, 0.25) is 0 Å². The normalized spacial score (nSPS) is 23.1. The van der Waals surface area contributed by atoms with E-state index in [-0.39, 0.29) is 0 Å². The highest BCUT2D eigenvalue weighted by atomic mass is 16.1. The zero-order chi connectivity index (χ0) is 14.2. The molecule has 0 aromatic heterocycles. The first-order valence-electron chi connectivity index (χ1n) is 8.02. The van der Waals surface area contributed by atoms with Gasteiger partial charge in [-0.05, 0) is 74.0 Å². The van der Waals surface area contributed by atoms with Crippen molar-refractivity contribution in [3.63, 3.8) is 0 Å². The monoisotopic (exact) mass is 270 g/mol. The Hall–Kier alpha value is -1.37. The Morgan fingerprint density at radius 2 is 1.80 bits per heavy atom. The topological polar surface area (TPSA) is 17.1 Å². The molecular weight excluding hydrogens is 244 g/mol. The van der Waals surface area contributed by atoms with Crippen LogP contribution in [0.25, 0.3) is 0 Å². The maximum Gasteiger partial charge on any atom is 0.142 e. The first kappa shape index (κ1) is 15.0. The standard InChI is InChI=1S/C19H26O/c1-2-16-7-11-18(12-8-16)19-13-9-17(10-14-19)6-4-3-5-15-20/h3,5,7-8,11-12,15,17,19H,2,4,6,9-10,13-14H2,1H3/b5-3+. The summed E-state index contributed by atoms with van der Waals surface area (Å²) in [7, 11) is 0. The molecule has 0 bridgehead atoms. The summed E-state index contributed by atoms with van der Waals surface area (Å²) in [5.41, 5.74) is 2.96. The van der Waals surface area contributed by atoms with E-state index in [1.807, 2.05) is 6.08 Å². The quantitative estimate of drug-likeness (QED) is 0.521. The number of hydrogen-bond donors (Lipinski definition) is 0. The molecule has 1 fully saturated rings. The molecule has 1 aromatic rings. The Bertz CT molecular complexity index is 422. The largest absolute Gasteiger partial charge is 0.299 e. The highest BCUT2D eigenvalue weighted by Gasteiger charge is 2.21. The molecule has 2 rings (SSSR count). The summed E-state index contributed by atoms with van der Waals surface area (Å²) < 4.78 is 0. The first-order chi connectivity index (χ1) is 9.83. The molecule has 0 atom stereocenters. The molecule has 1 aromatic carbocycles. The second-order valence-electron chi connectivity index (χ2n) is 5.95. The highest BCUT2D eigenvalue weighted by Crippen LogP contribution is 2.37. The highest BCUT2D eigenvalue weighted by molar-refractivity contribution is 5.64. The third-order valence-electron chi connectivity index (χ3n) is 4.66. The molecular formula is C19H26O. The zero-order valence-electron chi connectivity index (χ0n) is 12.6. The van der Waals surface area contributed by atoms with E-state index in [1.165, 1.54) is 43.2 Å². The fourth-order valence-corrected chi connectivity index (χ4v) is 3.29. The van der Waals surface area contributed by atoms with Gasteiger partial charge in [0, 0.05) is 0 Å². The molecule has 1 heteroatoms. The summed E-state index contributed by atoms with van der Waals surface area (Å²) in [5.74, 6) is 1.63. The maximum absolute atomic E-state index is 10.2. The van der Waals surface area contributed by atoms with Crippen LogP contribution < -0.4 is 0 Å². The van der Waals surface area contributed by atoms with Crippen LogP contribution in [0.3, 0.4) is 0 Å². The van der Waals surface area contributed by atoms with E-state index in [4.69, 9.17) is 0 Å². The molecule has 1 aliphatic rings. The predicted molar refractivity (Wildman–Crippen MR) is 85.0 cm³/mol. The van der Waals surface area contributed by atoms with Gasteiger partial charge < -0.3 is 0 Å². The summed E-state index contributed by atoms with van der Waals surface area (Å²) in [4.78, 5) is 10.2. The van der Waals surface area contributed by atoms with Gasteiger partial charge in [0.05, 0.1) is 0 Å². The van der Waals surface area contributed by atoms with Crippen molar-refractivity contribution in [2.45, 2.75) is 57.8 Å². The molecule has 0 spiro atoms. The van der Waals surface area contributed by atoms with Crippen molar-refractivity contribution in [1.82, 2.24) is 0 Å². The van der Waals surface area contributed by atoms with Crippen LogP contribution >= 0.6 is 0 Å². The van der Waals surface area contributed by atoms with Gasteiger partial charge in [0.15, 0.2) is 0 Å². The van der Waals surface area contributed by atoms with Crippen LogP contribution in [0.5, 0.6) is 0 Å². The molecule has 1 aliphatic carbocycles. The molecule has 1 saturated carbocycles. The molecule has 0 aliphatic heterocycles. The minimum atomic E-state index is 0.766. The third kappa shape index (κ3) is 4.33. The van der Waals surface area contributed by atoms with Crippen LogP contribution in [0.4, 0.5) is 0 Å². The molecule has 0 N–H and O–H groups in total. The second kappa shape index (κ2) is 8.04. The molecule has 1 nitrogen and oxygen atoms in total. The lowest BCUT2D eigenvalue weighted by molar-refractivity contribution is -0.104. The van der Waals surface area contributed by atoms with Crippen LogP contribution in [0, 0.1) is 5.92 Å². The van der Waals surface area contributed by atoms with Crippen LogP contribution in [0.15, 0.2) is 36.4 Å². The van der Waals surface area contributed by atoms with Gasteiger partial charge in [0.25, 0.3) is 0 Å². The maximum atomic E-state index is 10.2. The summed E-state index contributed by atoms with van der Waals surface area (Å²) in [6.07, 6.45) is 13.3. The van der Waals surface area contributed by atoms with Crippen molar-refractivity contribution in [3.05, 3.63) is 47.5 Å². The Balaban J connectivity index is 1.78. The number of carbonyl (C=O) groups excluding carboxylic acids is 1. The van der Waals surface area contributed by atoms with Gasteiger partial charge in [-0.25, -0.2) is 0 Å². The Kier molecular flexibility index (Phi) is 6.04. The first-order valence-corrected chi connectivity index (χ1v) is 8.02. The van der Waals surface area contributed by atoms with Crippen LogP contribution in [-0.4, -0.2) is 6.29 Å². The lowest BCUT2D eigenvalue weighted by Crippen LogP contribution is -2.13. The molecule has 0 radical (unpaired) electrons. The van der Waals surface area contributed by atoms with Crippen molar-refractivity contribution in [2.24, 2.45) is 5.92 Å². The Morgan fingerprint density at radius 1 is 1.10 bits per heavy atom. The van der Waals surface area contributed by atoms with E-state index in [0.29, 0.717) is 0 Å². The zero-order valence-corrected chi connectivity index (χ0v) is 12.6. The summed E-state index contributed by atoms with van der Waals surface area (Å²) in [6, 6.07) is 9.23. The lowest BCUT2D eigenvalue weighted by Gasteiger charge is -2.28. The summed E-state index contributed by atoms with van der Waals surface area (Å²) in [6.45, 7) is 2.21. The average molecular weight is 270 g/mol. The minimum Gasteiger partial charge on any atom is -0.299 e. The number of aldehydes is 1. The van der Waals surface area contributed by atoms with Crippen LogP contribution in [0.1, 0.15) is 62.5 Å². The fourth-order valence-electron chi connectivity index (χ4n) is 3.29. The summed E-state index contributed by atoms with van der Waals surface area (Å²) >= 11 is 0. The molecule has 20 heavy (non-hydrogen) atoms. The van der Waals surface area contributed by atoms with Crippen molar-refractivity contribution in [3.8, 4) is 0 Å². The smallest absolute Gasteiger partial charge is 0.142 e. The van der Waals surface area contributed by atoms with E-state index in [1.54, 1.807) is 6.08 Å². The van der Waals surface area contributed by atoms with E-state index < -0.39 is 0 Å². The van der Waals surface area contributed by atoms with Gasteiger partial charge in [-0.2, -0.15) is 0 Å². The average Bonchev–Trinajstić information content (AvgIpc) is 2.52. The van der Waals surface area contributed by atoms with E-state index in [9.17, 15) is 4.79 Å². The number of allylic oxidation sites excluding steroid dienone is 2. The Labute approximate surface area is 123 Å². The fraction of sp³-hybridized carbons (Fsp3) is 0.526. The van der Waals surface area contributed by atoms with Crippen LogP contribution in [0.2, 0.25) is 0 Å². The van der Waals surface area contributed by atoms with Gasteiger partial charge >= 0.3 is 0 Å². The van der Waals surface area contributed by atoms with Crippen molar-refractivity contribution in [1.29, 1.82) is 0 Å². The number of hydrogen-bond acceptors (Lipinski definition) is 1. The summed E-state index contributed by atoms with van der Waals surface area (Å²) in [5, 5.41) is 0. The predicted octanol–water partition coefficient (Wildman–Crippen LogP) is 5.06. The molecule has 0 saturated heterocycles. The van der Waals surface area contributed by atoms with Crippen LogP contribution in [-0.2, 0) is 11.2 Å². The number of benzene rings is 1. The van der Waals surface area contributed by atoms with E-state index >= 15 is 0 Å². The third-order valence-corrected chi connectivity index (χ3v) is 4.66. The number of rotatable bonds is 6. The minimum absolute atomic E-state index is 0.766. The van der Waals surface area contributed by atoms with E-state index in [0.717, 1.165) is 31.0 Å². The molecule has 108 valence electrons. The number of carbonyl (C=O) groups is 1. The van der Waals surface area contributed by atoms with Crippen molar-refractivity contribution >= 4 is 6.29 Å². The molecule has 0 unspecified atom stereocenters.